The van der Waals surface area contributed by atoms with Gasteiger partial charge in [-0.15, -0.1) is 10.2 Å². The van der Waals surface area contributed by atoms with E-state index in [1.165, 1.54) is 0 Å². The lowest BCUT2D eigenvalue weighted by Crippen LogP contribution is -2.12. The Hall–Kier alpha value is -3.18. The number of anilines is 1. The third-order valence-corrected chi connectivity index (χ3v) is 4.67. The maximum absolute atomic E-state index is 12.5. The Labute approximate surface area is 161 Å². The second-order valence-corrected chi connectivity index (χ2v) is 6.55. The molecular formula is C21H17ClN4O. The summed E-state index contributed by atoms with van der Waals surface area (Å²) in [7, 11) is 0. The normalized spacial score (nSPS) is 10.9. The summed E-state index contributed by atoms with van der Waals surface area (Å²) in [6.07, 6.45) is 0.828. The summed E-state index contributed by atoms with van der Waals surface area (Å²) in [5, 5.41) is 12.5. The molecule has 0 aliphatic rings. The fraction of sp³-hybridized carbons (Fsp3) is 0.0952. The first kappa shape index (κ1) is 17.2. The van der Waals surface area contributed by atoms with E-state index in [9.17, 15) is 4.79 Å². The van der Waals surface area contributed by atoms with Crippen molar-refractivity contribution in [2.24, 2.45) is 0 Å². The van der Waals surface area contributed by atoms with E-state index in [0.29, 0.717) is 21.8 Å². The summed E-state index contributed by atoms with van der Waals surface area (Å²) >= 11 is 6.21. The maximum atomic E-state index is 12.5. The Morgan fingerprint density at radius 1 is 1.00 bits per heavy atom. The third-order valence-electron chi connectivity index (χ3n) is 4.32. The minimum Gasteiger partial charge on any atom is -0.322 e. The van der Waals surface area contributed by atoms with E-state index in [1.807, 2.05) is 61.5 Å². The fourth-order valence-electron chi connectivity index (χ4n) is 2.85. The number of benzene rings is 3. The topological polar surface area (TPSA) is 59.8 Å². The molecule has 0 aliphatic carbocycles. The van der Waals surface area contributed by atoms with Crippen molar-refractivity contribution in [2.75, 3.05) is 5.32 Å². The number of hydrogen-bond acceptors (Lipinski definition) is 3. The van der Waals surface area contributed by atoms with Gasteiger partial charge in [0.05, 0.1) is 5.69 Å². The molecule has 1 amide bonds. The van der Waals surface area contributed by atoms with Crippen LogP contribution in [0, 0.1) is 0 Å². The summed E-state index contributed by atoms with van der Waals surface area (Å²) in [5.74, 6) is -0.214. The molecular weight excluding hydrogens is 360 g/mol. The van der Waals surface area contributed by atoms with E-state index < -0.39 is 0 Å². The average molecular weight is 377 g/mol. The van der Waals surface area contributed by atoms with Crippen LogP contribution in [0.25, 0.3) is 16.7 Å². The highest BCUT2D eigenvalue weighted by molar-refractivity contribution is 6.31. The molecule has 0 fully saturated rings. The Balaban J connectivity index is 1.59. The van der Waals surface area contributed by atoms with Crippen molar-refractivity contribution < 1.29 is 4.79 Å². The Kier molecular flexibility index (Phi) is 4.60. The van der Waals surface area contributed by atoms with Crippen LogP contribution in [0.4, 0.5) is 5.69 Å². The third kappa shape index (κ3) is 3.55. The monoisotopic (exact) mass is 376 g/mol. The Morgan fingerprint density at radius 3 is 2.52 bits per heavy atom. The lowest BCUT2D eigenvalue weighted by molar-refractivity contribution is 0.102. The van der Waals surface area contributed by atoms with Crippen molar-refractivity contribution in [3.63, 3.8) is 0 Å². The van der Waals surface area contributed by atoms with Gasteiger partial charge in [-0.25, -0.2) is 0 Å². The summed E-state index contributed by atoms with van der Waals surface area (Å²) in [4.78, 5) is 14.1. The predicted octanol–water partition coefficient (Wildman–Crippen LogP) is 4.89. The van der Waals surface area contributed by atoms with E-state index in [2.05, 4.69) is 15.5 Å². The Bertz CT molecular complexity index is 1120. The number of fused-ring (bicyclic) bond motifs is 1. The molecule has 0 radical (unpaired) electrons. The van der Waals surface area contributed by atoms with Crippen LogP contribution in [0.1, 0.15) is 22.8 Å². The number of carbonyl (C=O) groups excluding carboxylic acids is 1. The van der Waals surface area contributed by atoms with Crippen molar-refractivity contribution in [1.29, 1.82) is 0 Å². The second kappa shape index (κ2) is 7.21. The number of para-hydroxylation sites is 1. The molecule has 0 aliphatic heterocycles. The van der Waals surface area contributed by atoms with E-state index in [4.69, 9.17) is 11.6 Å². The highest BCUT2D eigenvalue weighted by Crippen LogP contribution is 2.21. The quantitative estimate of drug-likeness (QED) is 0.551. The molecule has 0 bridgehead atoms. The smallest absolute Gasteiger partial charge is 0.255 e. The molecule has 3 aromatic carbocycles. The van der Waals surface area contributed by atoms with Gasteiger partial charge in [0, 0.05) is 16.3 Å². The zero-order valence-corrected chi connectivity index (χ0v) is 15.4. The van der Waals surface area contributed by atoms with Gasteiger partial charge in [-0.3, -0.25) is 4.79 Å². The molecule has 0 saturated heterocycles. The average Bonchev–Trinajstić information content (AvgIpc) is 3.12. The van der Waals surface area contributed by atoms with E-state index in [0.717, 1.165) is 23.2 Å². The molecule has 134 valence electrons. The number of aromatic nitrogens is 3. The van der Waals surface area contributed by atoms with Gasteiger partial charge in [0.15, 0.2) is 0 Å². The van der Waals surface area contributed by atoms with Crippen LogP contribution in [0.15, 0.2) is 66.7 Å². The molecule has 0 saturated carbocycles. The molecule has 4 rings (SSSR count). The van der Waals surface area contributed by atoms with Gasteiger partial charge in [0.2, 0.25) is 0 Å². The molecule has 0 spiro atoms. The van der Waals surface area contributed by atoms with Gasteiger partial charge in [-0.1, -0.05) is 42.8 Å². The van der Waals surface area contributed by atoms with Gasteiger partial charge in [0.1, 0.15) is 11.0 Å². The van der Waals surface area contributed by atoms with Crippen LogP contribution in [0.5, 0.6) is 0 Å². The van der Waals surface area contributed by atoms with E-state index in [1.54, 1.807) is 16.9 Å². The summed E-state index contributed by atoms with van der Waals surface area (Å²) < 4.78 is 0. The number of halogens is 1. The molecule has 5 nitrogen and oxygen atoms in total. The zero-order chi connectivity index (χ0) is 18.8. The molecule has 0 atom stereocenters. The number of rotatable bonds is 4. The van der Waals surface area contributed by atoms with Gasteiger partial charge in [-0.05, 0) is 54.4 Å². The van der Waals surface area contributed by atoms with Crippen LogP contribution in [0.3, 0.4) is 0 Å². The standard InChI is InChI=1S/C21H17ClN4O/c1-2-14-8-9-15(12-18(14)22)21(27)23-16-10-11-19-20(13-16)25-26(24-19)17-6-4-3-5-7-17/h3-13H,2H2,1H3,(H,23,27). The van der Waals surface area contributed by atoms with Crippen LogP contribution in [-0.2, 0) is 6.42 Å². The first-order valence-electron chi connectivity index (χ1n) is 8.66. The summed E-state index contributed by atoms with van der Waals surface area (Å²) in [5.41, 5.74) is 4.54. The van der Waals surface area contributed by atoms with Crippen LogP contribution >= 0.6 is 11.6 Å². The molecule has 1 N–H and O–H groups in total. The van der Waals surface area contributed by atoms with Gasteiger partial charge in [-0.2, -0.15) is 4.80 Å². The molecule has 6 heteroatoms. The lowest BCUT2D eigenvalue weighted by atomic mass is 10.1. The summed E-state index contributed by atoms with van der Waals surface area (Å²) in [6.45, 7) is 2.03. The second-order valence-electron chi connectivity index (χ2n) is 6.14. The number of aryl methyl sites for hydroxylation is 1. The van der Waals surface area contributed by atoms with Crippen molar-refractivity contribution in [3.8, 4) is 5.69 Å². The fourth-order valence-corrected chi connectivity index (χ4v) is 3.16. The minimum atomic E-state index is -0.214. The van der Waals surface area contributed by atoms with Crippen molar-refractivity contribution in [2.45, 2.75) is 13.3 Å². The number of carbonyl (C=O) groups is 1. The lowest BCUT2D eigenvalue weighted by Gasteiger charge is -2.07. The molecule has 4 aromatic rings. The highest BCUT2D eigenvalue weighted by atomic mass is 35.5. The first-order valence-corrected chi connectivity index (χ1v) is 9.04. The van der Waals surface area contributed by atoms with E-state index >= 15 is 0 Å². The van der Waals surface area contributed by atoms with Crippen molar-refractivity contribution in [3.05, 3.63) is 82.9 Å². The van der Waals surface area contributed by atoms with Crippen LogP contribution < -0.4 is 5.32 Å². The molecule has 1 heterocycles. The van der Waals surface area contributed by atoms with Crippen LogP contribution in [0.2, 0.25) is 5.02 Å². The number of hydrogen-bond donors (Lipinski definition) is 1. The Morgan fingerprint density at radius 2 is 1.78 bits per heavy atom. The zero-order valence-electron chi connectivity index (χ0n) is 14.7. The molecule has 0 unspecified atom stereocenters. The molecule has 27 heavy (non-hydrogen) atoms. The number of nitrogens with zero attached hydrogens (tertiary/aromatic N) is 3. The van der Waals surface area contributed by atoms with E-state index in [-0.39, 0.29) is 5.91 Å². The number of nitrogens with one attached hydrogen (secondary N) is 1. The maximum Gasteiger partial charge on any atom is 0.255 e. The number of amides is 1. The highest BCUT2D eigenvalue weighted by Gasteiger charge is 2.11. The predicted molar refractivity (Wildman–Crippen MR) is 108 cm³/mol. The van der Waals surface area contributed by atoms with Crippen LogP contribution in [-0.4, -0.2) is 20.9 Å². The molecule has 1 aromatic heterocycles. The first-order chi connectivity index (χ1) is 13.1. The van der Waals surface area contributed by atoms with Gasteiger partial charge >= 0.3 is 0 Å². The van der Waals surface area contributed by atoms with Crippen molar-refractivity contribution >= 4 is 34.2 Å². The SMILES string of the molecule is CCc1ccc(C(=O)Nc2ccc3nn(-c4ccccc4)nc3c2)cc1Cl. The van der Waals surface area contributed by atoms with Gasteiger partial charge < -0.3 is 5.32 Å². The minimum absolute atomic E-state index is 0.214. The summed E-state index contributed by atoms with van der Waals surface area (Å²) in [6, 6.07) is 20.5. The largest absolute Gasteiger partial charge is 0.322 e. The van der Waals surface area contributed by atoms with Crippen molar-refractivity contribution in [1.82, 2.24) is 15.0 Å². The van der Waals surface area contributed by atoms with Gasteiger partial charge in [0.25, 0.3) is 5.91 Å².